The Balaban J connectivity index is 0.000000155. The highest BCUT2D eigenvalue weighted by Crippen LogP contribution is 2.43. The minimum Gasteiger partial charge on any atom is -0.474 e. The van der Waals surface area contributed by atoms with Crippen molar-refractivity contribution in [1.29, 1.82) is 0 Å². The standard InChI is InChI=1S/C26H28N4O2.C23H22N4O/c1-2-28-25(31)30-15-16-32-24-22(30)17-21(18-7-4-3-5-8-18)23(29-24)19-9-11-20(12-10-19)26(27)13-6-14-26;24-23(11-4-12-23)17-9-7-16(8-10-17)21-18(15-5-2-1-3-6-15)13-19-20(26-21)14-25-22(28)27-19/h3-5,7-12,17H,2,6,13-16,27H2,1H3,(H,28,31);1-3,5-10,13H,4,11-12,14,24H2,(H2,25,27,28). The number of hydrogen-bond donors (Lipinski definition) is 5. The van der Waals surface area contributed by atoms with Crippen molar-refractivity contribution in [3.05, 3.63) is 138 Å². The fourth-order valence-electron chi connectivity index (χ4n) is 8.45. The van der Waals surface area contributed by atoms with Gasteiger partial charge in [-0.15, -0.1) is 0 Å². The summed E-state index contributed by atoms with van der Waals surface area (Å²) >= 11 is 0. The van der Waals surface area contributed by atoms with E-state index in [1.807, 2.05) is 55.5 Å². The molecule has 0 spiro atoms. The Morgan fingerprint density at radius 3 is 1.78 bits per heavy atom. The number of fused-ring (bicyclic) bond motifs is 2. The number of benzene rings is 4. The molecule has 11 nitrogen and oxygen atoms in total. The zero-order chi connectivity index (χ0) is 41.3. The largest absolute Gasteiger partial charge is 0.474 e. The summed E-state index contributed by atoms with van der Waals surface area (Å²) in [6, 6.07) is 40.9. The van der Waals surface area contributed by atoms with Crippen LogP contribution in [0.3, 0.4) is 0 Å². The molecule has 2 saturated carbocycles. The lowest BCUT2D eigenvalue weighted by Gasteiger charge is -2.38. The molecule has 2 aliphatic heterocycles. The van der Waals surface area contributed by atoms with Gasteiger partial charge in [-0.3, -0.25) is 4.90 Å². The van der Waals surface area contributed by atoms with Crippen LogP contribution in [0.25, 0.3) is 44.8 Å². The number of nitrogens with one attached hydrogen (secondary N) is 3. The quantitative estimate of drug-likeness (QED) is 0.108. The van der Waals surface area contributed by atoms with Crippen molar-refractivity contribution in [3.63, 3.8) is 0 Å². The van der Waals surface area contributed by atoms with E-state index in [4.69, 9.17) is 26.2 Å². The SMILES string of the molecule is CCNC(=O)N1CCOc2nc(-c3ccc(C4(N)CCC4)cc3)c(-c3ccccc3)cc21.NC1(c2ccc(-c3nc4c(cc3-c3ccccc3)NC(=O)NC4)cc2)CCC1. The highest BCUT2D eigenvalue weighted by Gasteiger charge is 2.35. The van der Waals surface area contributed by atoms with Crippen LogP contribution in [-0.2, 0) is 17.6 Å². The molecule has 0 unspecified atom stereocenters. The smallest absolute Gasteiger partial charge is 0.322 e. The highest BCUT2D eigenvalue weighted by molar-refractivity contribution is 5.97. The van der Waals surface area contributed by atoms with Crippen LogP contribution in [0.2, 0.25) is 0 Å². The number of hydrogen-bond acceptors (Lipinski definition) is 7. The van der Waals surface area contributed by atoms with Crippen LogP contribution in [0.15, 0.2) is 121 Å². The fourth-order valence-corrected chi connectivity index (χ4v) is 8.45. The molecule has 10 rings (SSSR count). The molecule has 6 aromatic rings. The van der Waals surface area contributed by atoms with Gasteiger partial charge < -0.3 is 32.2 Å². The van der Waals surface area contributed by atoms with E-state index < -0.39 is 0 Å². The minimum absolute atomic E-state index is 0.135. The van der Waals surface area contributed by atoms with Crippen LogP contribution < -0.4 is 37.1 Å². The molecule has 7 N–H and O–H groups in total. The van der Waals surface area contributed by atoms with E-state index in [1.54, 1.807) is 4.90 Å². The zero-order valence-electron chi connectivity index (χ0n) is 33.8. The molecule has 4 aromatic carbocycles. The summed E-state index contributed by atoms with van der Waals surface area (Å²) in [5.41, 5.74) is 25.1. The number of rotatable bonds is 7. The minimum atomic E-state index is -0.195. The van der Waals surface area contributed by atoms with E-state index in [-0.39, 0.29) is 23.1 Å². The molecule has 4 aliphatic rings. The van der Waals surface area contributed by atoms with Crippen LogP contribution in [0.4, 0.5) is 21.0 Å². The molecule has 4 amide bonds. The summed E-state index contributed by atoms with van der Waals surface area (Å²) in [5.74, 6) is 0.482. The summed E-state index contributed by atoms with van der Waals surface area (Å²) in [6.07, 6.45) is 6.53. The molecule has 0 saturated heterocycles. The summed E-state index contributed by atoms with van der Waals surface area (Å²) in [6.45, 7) is 3.80. The average molecular weight is 799 g/mol. The van der Waals surface area contributed by atoms with Crippen LogP contribution in [0.5, 0.6) is 5.88 Å². The number of nitrogens with two attached hydrogens (primary N) is 2. The predicted molar refractivity (Wildman–Crippen MR) is 237 cm³/mol. The topological polar surface area (TPSA) is 161 Å². The second-order valence-corrected chi connectivity index (χ2v) is 16.1. The maximum absolute atomic E-state index is 12.6. The molecular formula is C49H50N8O3. The molecule has 2 fully saturated rings. The average Bonchev–Trinajstić information content (AvgIpc) is 3.27. The maximum atomic E-state index is 12.6. The fraction of sp³-hybridized carbons (Fsp3) is 0.265. The number of aromatic nitrogens is 2. The van der Waals surface area contributed by atoms with Gasteiger partial charge in [0.25, 0.3) is 0 Å². The maximum Gasteiger partial charge on any atom is 0.322 e. The number of urea groups is 2. The van der Waals surface area contributed by atoms with Gasteiger partial charge in [-0.05, 0) is 79.8 Å². The molecule has 0 atom stereocenters. The molecule has 0 radical (unpaired) electrons. The van der Waals surface area contributed by atoms with Crippen molar-refractivity contribution in [3.8, 4) is 50.6 Å². The van der Waals surface area contributed by atoms with Crippen molar-refractivity contribution in [2.75, 3.05) is 29.9 Å². The Hall–Kier alpha value is -6.56. The molecule has 0 bridgehead atoms. The molecule has 2 aliphatic carbocycles. The molecule has 60 heavy (non-hydrogen) atoms. The zero-order valence-corrected chi connectivity index (χ0v) is 33.8. The van der Waals surface area contributed by atoms with E-state index >= 15 is 0 Å². The van der Waals surface area contributed by atoms with E-state index in [0.717, 1.165) is 81.8 Å². The highest BCUT2D eigenvalue weighted by atomic mass is 16.5. The number of amides is 4. The predicted octanol–water partition coefficient (Wildman–Crippen LogP) is 9.07. The Labute approximate surface area is 350 Å². The number of ether oxygens (including phenoxy) is 1. The third-order valence-electron chi connectivity index (χ3n) is 12.3. The van der Waals surface area contributed by atoms with Crippen molar-refractivity contribution in [2.24, 2.45) is 11.5 Å². The second kappa shape index (κ2) is 16.2. The normalized spacial score (nSPS) is 16.8. The van der Waals surface area contributed by atoms with Crippen LogP contribution in [-0.4, -0.2) is 41.7 Å². The van der Waals surface area contributed by atoms with Crippen molar-refractivity contribution < 1.29 is 14.3 Å². The van der Waals surface area contributed by atoms with E-state index in [1.165, 1.54) is 24.0 Å². The van der Waals surface area contributed by atoms with Crippen LogP contribution in [0.1, 0.15) is 62.3 Å². The first-order chi connectivity index (χ1) is 29.2. The van der Waals surface area contributed by atoms with Crippen molar-refractivity contribution in [1.82, 2.24) is 20.6 Å². The van der Waals surface area contributed by atoms with Gasteiger partial charge in [-0.2, -0.15) is 0 Å². The van der Waals surface area contributed by atoms with Gasteiger partial charge in [0.15, 0.2) is 0 Å². The molecule has 4 heterocycles. The van der Waals surface area contributed by atoms with E-state index in [0.29, 0.717) is 37.8 Å². The Kier molecular flexibility index (Phi) is 10.5. The lowest BCUT2D eigenvalue weighted by Crippen LogP contribution is -2.44. The molecule has 2 aromatic heterocycles. The third-order valence-corrected chi connectivity index (χ3v) is 12.3. The van der Waals surface area contributed by atoms with Gasteiger partial charge in [-0.1, -0.05) is 109 Å². The van der Waals surface area contributed by atoms with Gasteiger partial charge in [-0.25, -0.2) is 19.6 Å². The van der Waals surface area contributed by atoms with E-state index in [9.17, 15) is 9.59 Å². The van der Waals surface area contributed by atoms with E-state index in [2.05, 4.69) is 88.7 Å². The summed E-state index contributed by atoms with van der Waals surface area (Å²) in [7, 11) is 0. The summed E-state index contributed by atoms with van der Waals surface area (Å²) in [5, 5.41) is 8.54. The van der Waals surface area contributed by atoms with Crippen LogP contribution in [0, 0.1) is 0 Å². The summed E-state index contributed by atoms with van der Waals surface area (Å²) < 4.78 is 5.89. The number of carbonyl (C=O) groups excluding carboxylic acids is 2. The second-order valence-electron chi connectivity index (χ2n) is 16.1. The van der Waals surface area contributed by atoms with Gasteiger partial charge in [0, 0.05) is 39.9 Å². The molecule has 11 heteroatoms. The third kappa shape index (κ3) is 7.58. The lowest BCUT2D eigenvalue weighted by molar-refractivity contribution is 0.239. The lowest BCUT2D eigenvalue weighted by atomic mass is 9.72. The summed E-state index contributed by atoms with van der Waals surface area (Å²) in [4.78, 5) is 35.9. The Morgan fingerprint density at radius 2 is 1.27 bits per heavy atom. The molecule has 304 valence electrons. The Bertz CT molecular complexity index is 2520. The van der Waals surface area contributed by atoms with Gasteiger partial charge >= 0.3 is 12.1 Å². The number of anilines is 2. The van der Waals surface area contributed by atoms with Gasteiger partial charge in [0.05, 0.1) is 35.9 Å². The van der Waals surface area contributed by atoms with Gasteiger partial charge in [0.2, 0.25) is 5.88 Å². The Morgan fingerprint density at radius 1 is 0.733 bits per heavy atom. The number of pyridine rings is 2. The van der Waals surface area contributed by atoms with Crippen molar-refractivity contribution in [2.45, 2.75) is 63.1 Å². The first-order valence-corrected chi connectivity index (χ1v) is 20.9. The number of nitrogens with zero attached hydrogens (tertiary/aromatic N) is 3. The monoisotopic (exact) mass is 798 g/mol. The first kappa shape index (κ1) is 38.9. The van der Waals surface area contributed by atoms with Crippen molar-refractivity contribution >= 4 is 23.4 Å². The van der Waals surface area contributed by atoms with Gasteiger partial charge in [0.1, 0.15) is 12.3 Å². The van der Waals surface area contributed by atoms with Crippen LogP contribution >= 0.6 is 0 Å². The number of carbonyl (C=O) groups is 2. The molecular weight excluding hydrogens is 749 g/mol. The first-order valence-electron chi connectivity index (χ1n) is 20.9.